The van der Waals surface area contributed by atoms with Gasteiger partial charge in [-0.2, -0.15) is 0 Å². The zero-order valence-corrected chi connectivity index (χ0v) is 26.7. The van der Waals surface area contributed by atoms with E-state index in [4.69, 9.17) is 22.0 Å². The maximum Gasteiger partial charge on any atom is 0.123 e. The summed E-state index contributed by atoms with van der Waals surface area (Å²) in [5.41, 5.74) is 13.6. The van der Waals surface area contributed by atoms with Crippen molar-refractivity contribution in [2.75, 3.05) is 13.1 Å². The van der Waals surface area contributed by atoms with E-state index in [1.54, 1.807) is 13.0 Å². The number of nitrogens with two attached hydrogens (primary N) is 2. The summed E-state index contributed by atoms with van der Waals surface area (Å²) in [6, 6.07) is -0.138. The first-order chi connectivity index (χ1) is 17.9. The maximum atomic E-state index is 9.57. The predicted molar refractivity (Wildman–Crippen MR) is 172 cm³/mol. The van der Waals surface area contributed by atoms with Crippen molar-refractivity contribution in [2.45, 2.75) is 102 Å². The number of hydrogen-bond donors (Lipinski definition) is 5. The van der Waals surface area contributed by atoms with Crippen LogP contribution in [0.3, 0.4) is 0 Å². The average molecular weight is 535 g/mol. The van der Waals surface area contributed by atoms with Crippen LogP contribution in [0.2, 0.25) is 0 Å². The van der Waals surface area contributed by atoms with Gasteiger partial charge in [-0.05, 0) is 62.5 Å². The van der Waals surface area contributed by atoms with E-state index < -0.39 is 0 Å². The highest BCUT2D eigenvalue weighted by Gasteiger charge is 2.25. The highest BCUT2D eigenvalue weighted by Crippen LogP contribution is 2.29. The molecule has 38 heavy (non-hydrogen) atoms. The quantitative estimate of drug-likeness (QED) is 0.0969. The van der Waals surface area contributed by atoms with E-state index in [0.29, 0.717) is 11.3 Å². The molecule has 0 aromatic rings. The molecule has 1 aliphatic rings. The molecule has 7 N–H and O–H groups in total. The molecule has 2 unspecified atom stereocenters. The van der Waals surface area contributed by atoms with Crippen LogP contribution in [0.15, 0.2) is 71.9 Å². The summed E-state index contributed by atoms with van der Waals surface area (Å²) < 4.78 is 0. The van der Waals surface area contributed by atoms with Crippen molar-refractivity contribution in [3.8, 4) is 0 Å². The summed E-state index contributed by atoms with van der Waals surface area (Å²) in [7, 11) is 0. The van der Waals surface area contributed by atoms with Crippen LogP contribution in [0, 0.1) is 16.7 Å². The van der Waals surface area contributed by atoms with Crippen molar-refractivity contribution >= 4 is 5.84 Å². The number of aliphatic hydroxyl groups is 2. The van der Waals surface area contributed by atoms with Gasteiger partial charge in [-0.1, -0.05) is 93.2 Å². The fourth-order valence-electron chi connectivity index (χ4n) is 3.18. The monoisotopic (exact) mass is 534 g/mol. The molecule has 222 valence electrons. The third-order valence-electron chi connectivity index (χ3n) is 5.45. The summed E-state index contributed by atoms with van der Waals surface area (Å²) in [6.45, 7) is 29.3. The molecule has 0 aliphatic carbocycles. The van der Waals surface area contributed by atoms with Crippen molar-refractivity contribution in [1.82, 2.24) is 4.90 Å². The SMILES string of the molecule is C/C(O)=C\C(=N)N1CCC(C)(C)CC1.C=C(O)C(C)C(=C\C=C/N)/C(=C/C=C\C)C(C)N.CC.CC.CC. The Morgan fingerprint density at radius 3 is 1.74 bits per heavy atom. The minimum atomic E-state index is -0.191. The summed E-state index contributed by atoms with van der Waals surface area (Å²) in [5.74, 6) is 0.558. The molecule has 0 aromatic carbocycles. The molecular weight excluding hydrogens is 472 g/mol. The summed E-state index contributed by atoms with van der Waals surface area (Å²) in [6.07, 6.45) is 14.6. The van der Waals surface area contributed by atoms with Crippen molar-refractivity contribution < 1.29 is 10.2 Å². The highest BCUT2D eigenvalue weighted by atomic mass is 16.3. The van der Waals surface area contributed by atoms with Gasteiger partial charge in [-0.3, -0.25) is 5.41 Å². The Kier molecular flexibility index (Phi) is 28.9. The van der Waals surface area contributed by atoms with Crippen LogP contribution in [0.1, 0.15) is 95.9 Å². The lowest BCUT2D eigenvalue weighted by Crippen LogP contribution is -2.40. The number of allylic oxidation sites excluding steroid dienone is 7. The molecule has 0 aromatic heterocycles. The molecule has 2 atom stereocenters. The van der Waals surface area contributed by atoms with Gasteiger partial charge in [0.05, 0.1) is 11.5 Å². The van der Waals surface area contributed by atoms with E-state index in [9.17, 15) is 5.11 Å². The second kappa shape index (κ2) is 25.9. The Morgan fingerprint density at radius 2 is 1.39 bits per heavy atom. The minimum Gasteiger partial charge on any atom is -0.512 e. The topological polar surface area (TPSA) is 120 Å². The first-order valence-corrected chi connectivity index (χ1v) is 14.1. The Morgan fingerprint density at radius 1 is 0.947 bits per heavy atom. The summed E-state index contributed by atoms with van der Waals surface area (Å²) in [4.78, 5) is 2.02. The van der Waals surface area contributed by atoms with Gasteiger partial charge in [0.15, 0.2) is 0 Å². The van der Waals surface area contributed by atoms with Gasteiger partial charge in [0.1, 0.15) is 5.84 Å². The molecule has 6 nitrogen and oxygen atoms in total. The van der Waals surface area contributed by atoms with E-state index in [-0.39, 0.29) is 23.5 Å². The van der Waals surface area contributed by atoms with Gasteiger partial charge in [0.2, 0.25) is 0 Å². The van der Waals surface area contributed by atoms with E-state index in [0.717, 1.165) is 37.1 Å². The number of hydrogen-bond acceptors (Lipinski definition) is 5. The molecule has 0 saturated carbocycles. The first-order valence-electron chi connectivity index (χ1n) is 14.1. The van der Waals surface area contributed by atoms with Crippen LogP contribution in [0.4, 0.5) is 0 Å². The number of aliphatic hydroxyl groups excluding tert-OH is 2. The average Bonchev–Trinajstić information content (AvgIpc) is 2.88. The van der Waals surface area contributed by atoms with Crippen LogP contribution < -0.4 is 11.5 Å². The predicted octanol–water partition coefficient (Wildman–Crippen LogP) is 8.57. The molecule has 1 fully saturated rings. The van der Waals surface area contributed by atoms with Crippen molar-refractivity contribution in [2.24, 2.45) is 22.8 Å². The Hall–Kier alpha value is -2.73. The fourth-order valence-corrected chi connectivity index (χ4v) is 3.18. The Balaban J connectivity index is -0.000000258. The van der Waals surface area contributed by atoms with E-state index >= 15 is 0 Å². The molecule has 1 rings (SSSR count). The third kappa shape index (κ3) is 20.3. The number of nitrogens with zero attached hydrogens (tertiary/aromatic N) is 1. The van der Waals surface area contributed by atoms with E-state index in [1.165, 1.54) is 12.3 Å². The van der Waals surface area contributed by atoms with Gasteiger partial charge >= 0.3 is 0 Å². The van der Waals surface area contributed by atoms with E-state index in [1.807, 2.05) is 91.5 Å². The normalized spacial score (nSPS) is 16.9. The molecule has 0 amide bonds. The van der Waals surface area contributed by atoms with Crippen molar-refractivity contribution in [3.63, 3.8) is 0 Å². The van der Waals surface area contributed by atoms with E-state index in [2.05, 4.69) is 20.4 Å². The molecule has 0 spiro atoms. The van der Waals surface area contributed by atoms with Gasteiger partial charge in [-0.25, -0.2) is 0 Å². The van der Waals surface area contributed by atoms with Crippen LogP contribution in [0.5, 0.6) is 0 Å². The van der Waals surface area contributed by atoms with Crippen molar-refractivity contribution in [1.29, 1.82) is 5.41 Å². The standard InChI is InChI=1S/C15H24N2O.C11H20N2O.3C2H6/c1-5-6-8-15(12(3)17)14(9-7-10-16)11(2)13(4)18;1-9(14)8-10(12)13-6-4-11(2,3)5-7-13;3*1-2/h5-12,18H,4,16-17H2,1-3H3;8,12,14H,4-7H2,1-3H3;3*1-2H3/b6-5-,10-7-,14-9+,15-8+;9-8+,12-10?;;;. The Bertz CT molecular complexity index is 758. The van der Waals surface area contributed by atoms with Crippen LogP contribution in [0.25, 0.3) is 0 Å². The zero-order valence-electron chi connectivity index (χ0n) is 26.7. The number of piperidine rings is 1. The molecule has 1 heterocycles. The second-order valence-electron chi connectivity index (χ2n) is 8.98. The lowest BCUT2D eigenvalue weighted by Gasteiger charge is -2.37. The molecule has 0 bridgehead atoms. The zero-order chi connectivity index (χ0) is 30.9. The second-order valence-corrected chi connectivity index (χ2v) is 8.98. The number of nitrogens with one attached hydrogen (secondary N) is 1. The third-order valence-corrected chi connectivity index (χ3v) is 5.45. The molecule has 1 saturated heterocycles. The molecule has 0 radical (unpaired) electrons. The van der Waals surface area contributed by atoms with Crippen LogP contribution in [-0.4, -0.2) is 40.1 Å². The number of likely N-dealkylation sites (tertiary alicyclic amines) is 1. The minimum absolute atomic E-state index is 0.110. The van der Waals surface area contributed by atoms with Crippen molar-refractivity contribution in [3.05, 3.63) is 71.9 Å². The van der Waals surface area contributed by atoms with Crippen LogP contribution in [-0.2, 0) is 0 Å². The van der Waals surface area contributed by atoms with Gasteiger partial charge in [-0.15, -0.1) is 0 Å². The van der Waals surface area contributed by atoms with Gasteiger partial charge < -0.3 is 26.6 Å². The smallest absolute Gasteiger partial charge is 0.123 e. The van der Waals surface area contributed by atoms with Gasteiger partial charge in [0.25, 0.3) is 0 Å². The fraction of sp³-hybridized carbons (Fsp3) is 0.594. The number of amidine groups is 1. The van der Waals surface area contributed by atoms with Gasteiger partial charge in [0, 0.05) is 31.1 Å². The summed E-state index contributed by atoms with van der Waals surface area (Å²) >= 11 is 0. The summed E-state index contributed by atoms with van der Waals surface area (Å²) in [5, 5.41) is 26.4. The Labute approximate surface area is 236 Å². The first kappa shape index (κ1) is 42.4. The lowest BCUT2D eigenvalue weighted by atomic mass is 9.82. The van der Waals surface area contributed by atoms with Crippen LogP contribution >= 0.6 is 0 Å². The maximum absolute atomic E-state index is 9.57. The molecular formula is C32H62N4O2. The molecule has 1 aliphatic heterocycles. The molecule has 6 heteroatoms. The number of rotatable bonds is 7. The lowest BCUT2D eigenvalue weighted by molar-refractivity contribution is 0.188. The highest BCUT2D eigenvalue weighted by molar-refractivity contribution is 5.90. The largest absolute Gasteiger partial charge is 0.512 e.